The number of rotatable bonds is 2. The van der Waals surface area contributed by atoms with E-state index in [9.17, 15) is 4.79 Å². The molecule has 1 aromatic rings. The molecule has 88 valence electrons. The van der Waals surface area contributed by atoms with Crippen LogP contribution in [0.5, 0.6) is 0 Å². The van der Waals surface area contributed by atoms with Gasteiger partial charge in [0.2, 0.25) is 0 Å². The van der Waals surface area contributed by atoms with E-state index in [1.54, 1.807) is 18.2 Å². The summed E-state index contributed by atoms with van der Waals surface area (Å²) in [4.78, 5) is 11.3. The van der Waals surface area contributed by atoms with Gasteiger partial charge in [-0.3, -0.25) is 0 Å². The molecular formula is C11H14ClNO3. The number of halogens is 1. The molecule has 0 amide bonds. The lowest BCUT2D eigenvalue weighted by atomic mass is 9.88. The Labute approximate surface area is 100 Å². The number of benzene rings is 1. The van der Waals surface area contributed by atoms with Crippen LogP contribution < -0.4 is 5.73 Å². The van der Waals surface area contributed by atoms with E-state index in [1.807, 2.05) is 6.07 Å². The summed E-state index contributed by atoms with van der Waals surface area (Å²) in [6, 6.07) is 7.16. The highest BCUT2D eigenvalue weighted by molar-refractivity contribution is 5.89. The van der Waals surface area contributed by atoms with E-state index in [0.29, 0.717) is 18.8 Å². The number of carbonyl (C=O) groups is 1. The Hall–Kier alpha value is -1.10. The number of hydrogen-bond acceptors (Lipinski definition) is 4. The molecule has 4 nitrogen and oxygen atoms in total. The van der Waals surface area contributed by atoms with Crippen molar-refractivity contribution in [2.24, 2.45) is 5.73 Å². The van der Waals surface area contributed by atoms with Crippen molar-refractivity contribution >= 4 is 18.4 Å². The maximum absolute atomic E-state index is 11.3. The number of nitrogens with two attached hydrogens (primary N) is 1. The van der Waals surface area contributed by atoms with E-state index in [-0.39, 0.29) is 18.4 Å². The molecule has 0 spiro atoms. The van der Waals surface area contributed by atoms with E-state index < -0.39 is 5.54 Å². The lowest BCUT2D eigenvalue weighted by Gasteiger charge is -2.38. The smallest absolute Gasteiger partial charge is 0.337 e. The average Bonchev–Trinajstić information content (AvgIpc) is 2.25. The molecule has 16 heavy (non-hydrogen) atoms. The number of methoxy groups -OCH3 is 1. The van der Waals surface area contributed by atoms with Crippen LogP contribution in [0.1, 0.15) is 15.9 Å². The molecule has 0 unspecified atom stereocenters. The van der Waals surface area contributed by atoms with Gasteiger partial charge in [-0.15, -0.1) is 12.4 Å². The molecule has 1 aliphatic heterocycles. The second kappa shape index (κ2) is 4.82. The van der Waals surface area contributed by atoms with Crippen LogP contribution in [0.2, 0.25) is 0 Å². The van der Waals surface area contributed by atoms with Gasteiger partial charge in [0.15, 0.2) is 0 Å². The van der Waals surface area contributed by atoms with Gasteiger partial charge in [-0.1, -0.05) is 12.1 Å². The Balaban J connectivity index is 0.00000128. The van der Waals surface area contributed by atoms with E-state index in [1.165, 1.54) is 7.11 Å². The summed E-state index contributed by atoms with van der Waals surface area (Å²) in [6.07, 6.45) is 0. The highest BCUT2D eigenvalue weighted by Crippen LogP contribution is 2.27. The van der Waals surface area contributed by atoms with Gasteiger partial charge in [0.05, 0.1) is 31.4 Å². The monoisotopic (exact) mass is 243 g/mol. The van der Waals surface area contributed by atoms with Gasteiger partial charge in [-0.05, 0) is 17.7 Å². The van der Waals surface area contributed by atoms with Crippen LogP contribution >= 0.6 is 12.4 Å². The number of hydrogen-bond donors (Lipinski definition) is 1. The summed E-state index contributed by atoms with van der Waals surface area (Å²) < 4.78 is 9.72. The SMILES string of the molecule is COC(=O)c1cccc(C2(N)COC2)c1.Cl. The lowest BCUT2D eigenvalue weighted by Crippen LogP contribution is -2.54. The summed E-state index contributed by atoms with van der Waals surface area (Å²) in [5.74, 6) is -0.347. The minimum atomic E-state index is -0.440. The Bertz CT molecular complexity index is 391. The highest BCUT2D eigenvalue weighted by atomic mass is 35.5. The number of carbonyl (C=O) groups excluding carboxylic acids is 1. The van der Waals surface area contributed by atoms with Crippen molar-refractivity contribution in [3.05, 3.63) is 35.4 Å². The summed E-state index contributed by atoms with van der Waals surface area (Å²) in [5.41, 5.74) is 7.05. The third-order valence-electron chi connectivity index (χ3n) is 2.58. The van der Waals surface area contributed by atoms with Crippen molar-refractivity contribution in [3.8, 4) is 0 Å². The predicted octanol–water partition coefficient (Wildman–Crippen LogP) is 1.08. The zero-order valence-electron chi connectivity index (χ0n) is 8.93. The first-order valence-corrected chi connectivity index (χ1v) is 4.71. The molecule has 1 fully saturated rings. The second-order valence-corrected chi connectivity index (χ2v) is 3.72. The number of ether oxygens (including phenoxy) is 2. The van der Waals surface area contributed by atoms with Crippen LogP contribution in [0.3, 0.4) is 0 Å². The Morgan fingerprint density at radius 3 is 2.69 bits per heavy atom. The van der Waals surface area contributed by atoms with Crippen LogP contribution in [0.15, 0.2) is 24.3 Å². The molecule has 0 radical (unpaired) electrons. The fraction of sp³-hybridized carbons (Fsp3) is 0.364. The average molecular weight is 244 g/mol. The standard InChI is InChI=1S/C11H13NO3.ClH/c1-14-10(13)8-3-2-4-9(5-8)11(12)6-15-7-11;/h2-5H,6-7,12H2,1H3;1H. The third-order valence-corrected chi connectivity index (χ3v) is 2.58. The first kappa shape index (κ1) is 13.0. The Kier molecular flexibility index (Phi) is 3.91. The second-order valence-electron chi connectivity index (χ2n) is 3.72. The van der Waals surface area contributed by atoms with Crippen molar-refractivity contribution in [2.75, 3.05) is 20.3 Å². The molecule has 0 saturated carbocycles. The van der Waals surface area contributed by atoms with Crippen molar-refractivity contribution in [2.45, 2.75) is 5.54 Å². The van der Waals surface area contributed by atoms with Gasteiger partial charge < -0.3 is 15.2 Å². The van der Waals surface area contributed by atoms with Gasteiger partial charge in [0, 0.05) is 0 Å². The van der Waals surface area contributed by atoms with Gasteiger partial charge in [-0.25, -0.2) is 4.79 Å². The molecule has 0 aliphatic carbocycles. The summed E-state index contributed by atoms with van der Waals surface area (Å²) in [5, 5.41) is 0. The zero-order valence-corrected chi connectivity index (χ0v) is 9.75. The minimum absolute atomic E-state index is 0. The van der Waals surface area contributed by atoms with Crippen LogP contribution in [0.25, 0.3) is 0 Å². The lowest BCUT2D eigenvalue weighted by molar-refractivity contribution is -0.0569. The maximum Gasteiger partial charge on any atom is 0.337 e. The molecule has 0 atom stereocenters. The van der Waals surface area contributed by atoms with Gasteiger partial charge in [0.25, 0.3) is 0 Å². The molecule has 2 N–H and O–H groups in total. The summed E-state index contributed by atoms with van der Waals surface area (Å²) in [7, 11) is 1.36. The molecule has 0 bridgehead atoms. The minimum Gasteiger partial charge on any atom is -0.465 e. The normalized spacial score (nSPS) is 16.9. The van der Waals surface area contributed by atoms with E-state index in [4.69, 9.17) is 10.5 Å². The predicted molar refractivity (Wildman–Crippen MR) is 61.7 cm³/mol. The molecule has 1 aliphatic rings. The molecule has 1 heterocycles. The largest absolute Gasteiger partial charge is 0.465 e. The molecule has 5 heteroatoms. The Morgan fingerprint density at radius 1 is 1.50 bits per heavy atom. The van der Waals surface area contributed by atoms with Gasteiger partial charge in [-0.2, -0.15) is 0 Å². The van der Waals surface area contributed by atoms with Gasteiger partial charge in [0.1, 0.15) is 0 Å². The van der Waals surface area contributed by atoms with E-state index in [2.05, 4.69) is 4.74 Å². The molecule has 1 aromatic carbocycles. The topological polar surface area (TPSA) is 61.5 Å². The Morgan fingerprint density at radius 2 is 2.19 bits per heavy atom. The van der Waals surface area contributed by atoms with E-state index >= 15 is 0 Å². The van der Waals surface area contributed by atoms with Crippen LogP contribution in [-0.4, -0.2) is 26.3 Å². The maximum atomic E-state index is 11.3. The van der Waals surface area contributed by atoms with E-state index in [0.717, 1.165) is 5.56 Å². The molecule has 0 aromatic heterocycles. The van der Waals surface area contributed by atoms with Crippen molar-refractivity contribution in [1.29, 1.82) is 0 Å². The quantitative estimate of drug-likeness (QED) is 0.790. The fourth-order valence-electron chi connectivity index (χ4n) is 1.56. The van der Waals surface area contributed by atoms with Crippen LogP contribution in [0.4, 0.5) is 0 Å². The highest BCUT2D eigenvalue weighted by Gasteiger charge is 2.36. The van der Waals surface area contributed by atoms with Crippen molar-refractivity contribution in [1.82, 2.24) is 0 Å². The first-order valence-electron chi connectivity index (χ1n) is 4.71. The zero-order chi connectivity index (χ0) is 10.9. The van der Waals surface area contributed by atoms with Crippen molar-refractivity contribution in [3.63, 3.8) is 0 Å². The van der Waals surface area contributed by atoms with Gasteiger partial charge >= 0.3 is 5.97 Å². The number of esters is 1. The molecular weight excluding hydrogens is 230 g/mol. The fourth-order valence-corrected chi connectivity index (χ4v) is 1.56. The molecule has 1 saturated heterocycles. The summed E-state index contributed by atoms with van der Waals surface area (Å²) >= 11 is 0. The van der Waals surface area contributed by atoms with Crippen molar-refractivity contribution < 1.29 is 14.3 Å². The molecule has 2 rings (SSSR count). The van der Waals surface area contributed by atoms with Crippen LogP contribution in [-0.2, 0) is 15.0 Å². The summed E-state index contributed by atoms with van der Waals surface area (Å²) in [6.45, 7) is 0.995. The van der Waals surface area contributed by atoms with Crippen LogP contribution in [0, 0.1) is 0 Å². The first-order chi connectivity index (χ1) is 7.15. The third kappa shape index (κ3) is 2.19.